The molecule has 0 unspecified atom stereocenters. The van der Waals surface area contributed by atoms with Crippen molar-refractivity contribution in [3.63, 3.8) is 0 Å². The fraction of sp³-hybridized carbons (Fsp3) is 0.304. The van der Waals surface area contributed by atoms with E-state index >= 15 is 0 Å². The molecule has 2 aromatic carbocycles. The number of hydrogen-bond donors (Lipinski definition) is 0. The summed E-state index contributed by atoms with van der Waals surface area (Å²) >= 11 is 1.28. The molecule has 0 bridgehead atoms. The number of benzene rings is 2. The number of aryl methyl sites for hydroxylation is 1. The topological polar surface area (TPSA) is 72.1 Å². The Morgan fingerprint density at radius 3 is 2.77 bits per heavy atom. The molecule has 0 aromatic heterocycles. The van der Waals surface area contributed by atoms with Crippen LogP contribution in [0.3, 0.4) is 0 Å². The lowest BCUT2D eigenvalue weighted by Crippen LogP contribution is -2.36. The molecule has 30 heavy (non-hydrogen) atoms. The van der Waals surface area contributed by atoms with Crippen LogP contribution in [0.1, 0.15) is 35.6 Å². The van der Waals surface area contributed by atoms with Crippen molar-refractivity contribution in [1.29, 1.82) is 5.26 Å². The van der Waals surface area contributed by atoms with Crippen molar-refractivity contribution >= 4 is 34.2 Å². The SMILES string of the molecule is CCN=C(c1ccc(C#N)cc1)N1CCCc2cc(C3=NN(C)C(=O)SC3)ccc21. The van der Waals surface area contributed by atoms with Gasteiger partial charge in [0.05, 0.1) is 17.3 Å². The fourth-order valence-corrected chi connectivity index (χ4v) is 4.50. The maximum Gasteiger partial charge on any atom is 0.301 e. The molecule has 2 aromatic rings. The molecule has 1 amide bonds. The fourth-order valence-electron chi connectivity index (χ4n) is 3.79. The van der Waals surface area contributed by atoms with Crippen molar-refractivity contribution in [1.82, 2.24) is 5.01 Å². The number of fused-ring (bicyclic) bond motifs is 1. The van der Waals surface area contributed by atoms with E-state index in [0.717, 1.165) is 47.7 Å². The zero-order chi connectivity index (χ0) is 21.1. The highest BCUT2D eigenvalue weighted by atomic mass is 32.2. The number of aliphatic imine (C=N–C) groups is 1. The average molecular weight is 418 g/mol. The molecule has 0 aliphatic carbocycles. The lowest BCUT2D eigenvalue weighted by atomic mass is 9.97. The number of hydrogen-bond acceptors (Lipinski definition) is 5. The highest BCUT2D eigenvalue weighted by Gasteiger charge is 2.24. The first kappa shape index (κ1) is 20.2. The lowest BCUT2D eigenvalue weighted by molar-refractivity contribution is 0.235. The Labute approximate surface area is 180 Å². The summed E-state index contributed by atoms with van der Waals surface area (Å²) in [5.41, 5.74) is 6.08. The molecule has 6 nitrogen and oxygen atoms in total. The van der Waals surface area contributed by atoms with E-state index in [0.29, 0.717) is 17.9 Å². The van der Waals surface area contributed by atoms with Crippen molar-refractivity contribution in [2.24, 2.45) is 10.1 Å². The number of hydrazone groups is 1. The lowest BCUT2D eigenvalue weighted by Gasteiger charge is -2.33. The largest absolute Gasteiger partial charge is 0.326 e. The van der Waals surface area contributed by atoms with Crippen LogP contribution in [0, 0.1) is 11.3 Å². The molecule has 2 aliphatic heterocycles. The van der Waals surface area contributed by atoms with Gasteiger partial charge in [0.1, 0.15) is 5.84 Å². The Bertz CT molecular complexity index is 1070. The third-order valence-corrected chi connectivity index (χ3v) is 6.16. The molecule has 0 atom stereocenters. The van der Waals surface area contributed by atoms with Gasteiger partial charge in [0.25, 0.3) is 0 Å². The molecule has 2 aliphatic rings. The number of nitriles is 1. The maximum absolute atomic E-state index is 11.7. The molecule has 0 saturated carbocycles. The van der Waals surface area contributed by atoms with Crippen molar-refractivity contribution < 1.29 is 4.79 Å². The van der Waals surface area contributed by atoms with Crippen LogP contribution in [0.25, 0.3) is 0 Å². The van der Waals surface area contributed by atoms with Crippen LogP contribution in [-0.4, -0.2) is 47.7 Å². The van der Waals surface area contributed by atoms with Crippen LogP contribution in [0.5, 0.6) is 0 Å². The number of amidine groups is 1. The molecular formula is C23H23N5OS. The third-order valence-electron chi connectivity index (χ3n) is 5.23. The number of carbonyl (C=O) groups is 1. The first-order valence-corrected chi connectivity index (χ1v) is 11.0. The molecule has 0 fully saturated rings. The Morgan fingerprint density at radius 1 is 1.27 bits per heavy atom. The van der Waals surface area contributed by atoms with Gasteiger partial charge in [0.15, 0.2) is 0 Å². The minimum absolute atomic E-state index is 0.0225. The number of nitrogens with zero attached hydrogens (tertiary/aromatic N) is 5. The summed E-state index contributed by atoms with van der Waals surface area (Å²) in [6.45, 7) is 3.63. The average Bonchev–Trinajstić information content (AvgIpc) is 2.79. The summed E-state index contributed by atoms with van der Waals surface area (Å²) in [7, 11) is 1.69. The summed E-state index contributed by atoms with van der Waals surface area (Å²) < 4.78 is 0. The van der Waals surface area contributed by atoms with Crippen LogP contribution >= 0.6 is 11.8 Å². The van der Waals surface area contributed by atoms with Crippen molar-refractivity contribution in [2.45, 2.75) is 19.8 Å². The minimum Gasteiger partial charge on any atom is -0.326 e. The van der Waals surface area contributed by atoms with Gasteiger partial charge in [0, 0.05) is 37.1 Å². The normalized spacial score (nSPS) is 16.8. The Balaban J connectivity index is 1.69. The predicted octanol–water partition coefficient (Wildman–Crippen LogP) is 4.28. The van der Waals surface area contributed by atoms with E-state index in [9.17, 15) is 4.79 Å². The van der Waals surface area contributed by atoms with Gasteiger partial charge >= 0.3 is 5.24 Å². The molecule has 2 heterocycles. The van der Waals surface area contributed by atoms with Crippen LogP contribution in [0.15, 0.2) is 52.6 Å². The van der Waals surface area contributed by atoms with E-state index in [1.54, 1.807) is 7.05 Å². The second kappa shape index (κ2) is 8.72. The quantitative estimate of drug-likeness (QED) is 0.552. The summed E-state index contributed by atoms with van der Waals surface area (Å²) in [6, 6.07) is 16.2. The summed E-state index contributed by atoms with van der Waals surface area (Å²) in [6.07, 6.45) is 2.04. The first-order chi connectivity index (χ1) is 14.6. The highest BCUT2D eigenvalue weighted by molar-refractivity contribution is 8.14. The second-order valence-electron chi connectivity index (χ2n) is 7.21. The van der Waals surface area contributed by atoms with Gasteiger partial charge in [-0.15, -0.1) is 0 Å². The maximum atomic E-state index is 11.7. The summed E-state index contributed by atoms with van der Waals surface area (Å²) in [4.78, 5) is 18.8. The van der Waals surface area contributed by atoms with Gasteiger partial charge in [-0.1, -0.05) is 17.8 Å². The van der Waals surface area contributed by atoms with Gasteiger partial charge in [-0.3, -0.25) is 9.79 Å². The zero-order valence-electron chi connectivity index (χ0n) is 17.1. The zero-order valence-corrected chi connectivity index (χ0v) is 17.9. The van der Waals surface area contributed by atoms with E-state index in [1.165, 1.54) is 22.3 Å². The Kier molecular flexibility index (Phi) is 5.86. The predicted molar refractivity (Wildman–Crippen MR) is 122 cm³/mol. The van der Waals surface area contributed by atoms with Crippen LogP contribution in [0.2, 0.25) is 0 Å². The van der Waals surface area contributed by atoms with Gasteiger partial charge in [-0.25, -0.2) is 5.01 Å². The Morgan fingerprint density at radius 2 is 2.07 bits per heavy atom. The Hall–Kier alpha value is -3.11. The van der Waals surface area contributed by atoms with Crippen LogP contribution in [0.4, 0.5) is 10.5 Å². The van der Waals surface area contributed by atoms with E-state index in [2.05, 4.69) is 34.3 Å². The molecule has 152 valence electrons. The van der Waals surface area contributed by atoms with Crippen molar-refractivity contribution in [2.75, 3.05) is 30.8 Å². The number of rotatable bonds is 3. The second-order valence-corrected chi connectivity index (χ2v) is 8.14. The first-order valence-electron chi connectivity index (χ1n) is 10.0. The van der Waals surface area contributed by atoms with E-state index in [-0.39, 0.29) is 5.24 Å². The molecule has 4 rings (SSSR count). The van der Waals surface area contributed by atoms with Gasteiger partial charge in [0.2, 0.25) is 0 Å². The number of carbonyl (C=O) groups excluding carboxylic acids is 1. The number of anilines is 1. The smallest absolute Gasteiger partial charge is 0.301 e. The monoisotopic (exact) mass is 417 g/mol. The molecule has 0 saturated heterocycles. The summed E-state index contributed by atoms with van der Waals surface area (Å²) in [5, 5.41) is 14.9. The third kappa shape index (κ3) is 3.96. The van der Waals surface area contributed by atoms with Gasteiger partial charge in [-0.2, -0.15) is 10.4 Å². The standard InChI is InChI=1S/C23H23N5OS/c1-3-25-22(17-8-6-16(14-24)7-9-17)28-12-4-5-19-13-18(10-11-21(19)28)20-15-30-23(29)27(2)26-20/h6-11,13H,3-5,12,15H2,1-2H3. The molecule has 0 spiro atoms. The highest BCUT2D eigenvalue weighted by Crippen LogP contribution is 2.31. The van der Waals surface area contributed by atoms with E-state index in [1.807, 2.05) is 31.2 Å². The van der Waals surface area contributed by atoms with Gasteiger partial charge in [-0.05, 0) is 67.3 Å². The number of amides is 1. The van der Waals surface area contributed by atoms with Crippen LogP contribution in [-0.2, 0) is 6.42 Å². The minimum atomic E-state index is -0.0225. The van der Waals surface area contributed by atoms with Gasteiger partial charge < -0.3 is 4.90 Å². The molecule has 7 heteroatoms. The number of thioether (sulfide) groups is 1. The molecule has 0 N–H and O–H groups in total. The van der Waals surface area contributed by atoms with Crippen LogP contribution < -0.4 is 4.90 Å². The molecular weight excluding hydrogens is 394 g/mol. The van der Waals surface area contributed by atoms with Crippen molar-refractivity contribution in [3.8, 4) is 6.07 Å². The molecule has 0 radical (unpaired) electrons. The summed E-state index contributed by atoms with van der Waals surface area (Å²) in [5.74, 6) is 1.53. The van der Waals surface area contributed by atoms with E-state index < -0.39 is 0 Å². The van der Waals surface area contributed by atoms with E-state index in [4.69, 9.17) is 10.3 Å². The van der Waals surface area contributed by atoms with Crippen molar-refractivity contribution in [3.05, 3.63) is 64.7 Å².